The van der Waals surface area contributed by atoms with Crippen molar-refractivity contribution in [1.29, 1.82) is 0 Å². The minimum Gasteiger partial charge on any atom is -0.492 e. The van der Waals surface area contributed by atoms with E-state index in [1.54, 1.807) is 18.2 Å². The minimum atomic E-state index is -4.21. The lowest BCUT2D eigenvalue weighted by atomic mass is 10.2. The number of alkyl halides is 3. The summed E-state index contributed by atoms with van der Waals surface area (Å²) in [6.45, 7) is 0.278. The molecule has 2 nitrogen and oxygen atoms in total. The Hall–Kier alpha value is -0.400. The van der Waals surface area contributed by atoms with Crippen LogP contribution in [0.5, 0.6) is 5.75 Å². The van der Waals surface area contributed by atoms with E-state index in [2.05, 4.69) is 15.9 Å². The van der Waals surface area contributed by atoms with Crippen LogP contribution >= 0.6 is 27.7 Å². The van der Waals surface area contributed by atoms with Crippen molar-refractivity contribution in [2.75, 3.05) is 12.4 Å². The topological polar surface area (TPSA) is 35.2 Å². The van der Waals surface area contributed by atoms with Gasteiger partial charge in [-0.2, -0.15) is 13.2 Å². The van der Waals surface area contributed by atoms with Gasteiger partial charge < -0.3 is 10.5 Å². The molecule has 7 heteroatoms. The standard InChI is InChI=1S/C10H11BrF3NOS/c11-8-1-2-9(7(5-8)6-15)16-3-4-17-10(12,13)14/h1-2,5H,3-4,6,15H2. The molecular formula is C10H11BrF3NOS. The molecule has 0 aliphatic carbocycles. The molecular weight excluding hydrogens is 319 g/mol. The molecule has 0 bridgehead atoms. The number of halogens is 4. The number of benzene rings is 1. The summed E-state index contributed by atoms with van der Waals surface area (Å²) >= 11 is 3.18. The number of ether oxygens (including phenoxy) is 1. The summed E-state index contributed by atoms with van der Waals surface area (Å²) in [5, 5.41) is 0. The van der Waals surface area contributed by atoms with Gasteiger partial charge in [0.25, 0.3) is 0 Å². The van der Waals surface area contributed by atoms with Crippen LogP contribution in [-0.4, -0.2) is 17.9 Å². The Morgan fingerprint density at radius 3 is 2.65 bits per heavy atom. The van der Waals surface area contributed by atoms with Crippen LogP contribution in [0.1, 0.15) is 5.56 Å². The van der Waals surface area contributed by atoms with E-state index in [4.69, 9.17) is 10.5 Å². The van der Waals surface area contributed by atoms with Crippen molar-refractivity contribution in [2.24, 2.45) is 5.73 Å². The van der Waals surface area contributed by atoms with Crippen molar-refractivity contribution in [3.63, 3.8) is 0 Å². The molecule has 2 N–H and O–H groups in total. The molecule has 1 rings (SSSR count). The Labute approximate surface area is 110 Å². The molecule has 0 saturated carbocycles. The van der Waals surface area contributed by atoms with Gasteiger partial charge in [-0.05, 0) is 30.0 Å². The van der Waals surface area contributed by atoms with E-state index >= 15 is 0 Å². The summed E-state index contributed by atoms with van der Waals surface area (Å²) in [5.41, 5.74) is 2.06. The molecule has 96 valence electrons. The molecule has 0 fully saturated rings. The zero-order chi connectivity index (χ0) is 12.9. The first kappa shape index (κ1) is 14.7. The van der Waals surface area contributed by atoms with Crippen LogP contribution in [0, 0.1) is 0 Å². The summed E-state index contributed by atoms with van der Waals surface area (Å²) in [6.07, 6.45) is 0. The van der Waals surface area contributed by atoms with Gasteiger partial charge in [-0.25, -0.2) is 0 Å². The van der Waals surface area contributed by atoms with Gasteiger partial charge in [-0.15, -0.1) is 0 Å². The van der Waals surface area contributed by atoms with E-state index in [-0.39, 0.29) is 30.7 Å². The van der Waals surface area contributed by atoms with E-state index in [1.807, 2.05) is 0 Å². The number of nitrogens with two attached hydrogens (primary N) is 1. The van der Waals surface area contributed by atoms with Crippen LogP contribution < -0.4 is 10.5 Å². The maximum Gasteiger partial charge on any atom is 0.441 e. The molecule has 0 unspecified atom stereocenters. The molecule has 0 atom stereocenters. The highest BCUT2D eigenvalue weighted by atomic mass is 79.9. The summed E-state index contributed by atoms with van der Waals surface area (Å²) in [7, 11) is 0. The van der Waals surface area contributed by atoms with E-state index in [1.165, 1.54) is 0 Å². The first-order valence-corrected chi connectivity index (χ1v) is 6.52. The Bertz CT molecular complexity index is 373. The molecule has 0 aliphatic rings. The lowest BCUT2D eigenvalue weighted by molar-refractivity contribution is -0.0329. The summed E-state index contributed by atoms with van der Waals surface area (Å²) in [4.78, 5) is 0. The highest BCUT2D eigenvalue weighted by molar-refractivity contribution is 9.10. The van der Waals surface area contributed by atoms with Gasteiger partial charge in [0.2, 0.25) is 0 Å². The zero-order valence-corrected chi connectivity index (χ0v) is 11.2. The molecule has 0 aromatic heterocycles. The smallest absolute Gasteiger partial charge is 0.441 e. The average molecular weight is 330 g/mol. The van der Waals surface area contributed by atoms with Crippen molar-refractivity contribution in [2.45, 2.75) is 12.1 Å². The number of thioether (sulfide) groups is 1. The van der Waals surface area contributed by atoms with E-state index in [0.717, 1.165) is 10.0 Å². The molecule has 0 radical (unpaired) electrons. The number of rotatable bonds is 5. The van der Waals surface area contributed by atoms with Crippen LogP contribution in [0.3, 0.4) is 0 Å². The lowest BCUT2D eigenvalue weighted by Gasteiger charge is -2.11. The Balaban J connectivity index is 2.46. The summed E-state index contributed by atoms with van der Waals surface area (Å²) in [6, 6.07) is 5.22. The maximum atomic E-state index is 11.9. The Kier molecular flexibility index (Phi) is 5.61. The third-order valence-electron chi connectivity index (χ3n) is 1.85. The fourth-order valence-electron chi connectivity index (χ4n) is 1.16. The largest absolute Gasteiger partial charge is 0.492 e. The molecule has 0 amide bonds. The zero-order valence-electron chi connectivity index (χ0n) is 8.76. The fourth-order valence-corrected chi connectivity index (χ4v) is 1.96. The molecule has 0 heterocycles. The molecule has 1 aromatic rings. The first-order valence-electron chi connectivity index (χ1n) is 4.74. The predicted octanol–water partition coefficient (Wildman–Crippen LogP) is 3.54. The van der Waals surface area contributed by atoms with E-state index in [9.17, 15) is 13.2 Å². The van der Waals surface area contributed by atoms with Gasteiger partial charge in [0.05, 0.1) is 6.61 Å². The van der Waals surface area contributed by atoms with Gasteiger partial charge in [0.1, 0.15) is 5.75 Å². The van der Waals surface area contributed by atoms with Crippen molar-refractivity contribution < 1.29 is 17.9 Å². The normalized spacial score (nSPS) is 11.6. The van der Waals surface area contributed by atoms with Crippen molar-refractivity contribution >= 4 is 27.7 Å². The van der Waals surface area contributed by atoms with Crippen LogP contribution in [0.4, 0.5) is 13.2 Å². The second kappa shape index (κ2) is 6.51. The SMILES string of the molecule is NCc1cc(Br)ccc1OCCSC(F)(F)F. The maximum absolute atomic E-state index is 11.9. The molecule has 0 spiro atoms. The minimum absolute atomic E-state index is 0.00118. The first-order chi connectivity index (χ1) is 7.92. The average Bonchev–Trinajstić information content (AvgIpc) is 2.24. The van der Waals surface area contributed by atoms with Gasteiger partial charge in [-0.3, -0.25) is 0 Å². The molecule has 0 saturated heterocycles. The third-order valence-corrected chi connectivity index (χ3v) is 3.04. The van der Waals surface area contributed by atoms with Crippen LogP contribution in [0.25, 0.3) is 0 Å². The summed E-state index contributed by atoms with van der Waals surface area (Å²) < 4.78 is 41.7. The van der Waals surface area contributed by atoms with Crippen LogP contribution in [-0.2, 0) is 6.54 Å². The third kappa shape index (κ3) is 5.65. The monoisotopic (exact) mass is 329 g/mol. The molecule has 17 heavy (non-hydrogen) atoms. The van der Waals surface area contributed by atoms with Gasteiger partial charge in [-0.1, -0.05) is 15.9 Å². The second-order valence-corrected chi connectivity index (χ2v) is 5.17. The van der Waals surface area contributed by atoms with E-state index in [0.29, 0.717) is 5.75 Å². The molecule has 1 aromatic carbocycles. The Morgan fingerprint density at radius 2 is 2.06 bits per heavy atom. The lowest BCUT2D eigenvalue weighted by Crippen LogP contribution is -2.09. The summed E-state index contributed by atoms with van der Waals surface area (Å²) in [5.74, 6) is 0.391. The van der Waals surface area contributed by atoms with Crippen molar-refractivity contribution in [1.82, 2.24) is 0 Å². The highest BCUT2D eigenvalue weighted by Gasteiger charge is 2.27. The number of hydrogen-bond acceptors (Lipinski definition) is 3. The van der Waals surface area contributed by atoms with Gasteiger partial charge in [0, 0.05) is 22.3 Å². The van der Waals surface area contributed by atoms with Crippen molar-refractivity contribution in [3.8, 4) is 5.75 Å². The predicted molar refractivity (Wildman–Crippen MR) is 66.0 cm³/mol. The number of hydrogen-bond donors (Lipinski definition) is 1. The van der Waals surface area contributed by atoms with Gasteiger partial charge in [0.15, 0.2) is 0 Å². The molecule has 0 aliphatic heterocycles. The fraction of sp³-hybridized carbons (Fsp3) is 0.400. The van der Waals surface area contributed by atoms with Crippen molar-refractivity contribution in [3.05, 3.63) is 28.2 Å². The van der Waals surface area contributed by atoms with Gasteiger partial charge >= 0.3 is 5.51 Å². The van der Waals surface area contributed by atoms with E-state index < -0.39 is 5.51 Å². The quantitative estimate of drug-likeness (QED) is 0.839. The highest BCUT2D eigenvalue weighted by Crippen LogP contribution is 2.30. The Morgan fingerprint density at radius 1 is 1.35 bits per heavy atom. The second-order valence-electron chi connectivity index (χ2n) is 3.10. The van der Waals surface area contributed by atoms with Crippen LogP contribution in [0.15, 0.2) is 22.7 Å². The van der Waals surface area contributed by atoms with Crippen LogP contribution in [0.2, 0.25) is 0 Å².